The van der Waals surface area contributed by atoms with Gasteiger partial charge in [0, 0.05) is 30.9 Å². The molecule has 1 heterocycles. The van der Waals surface area contributed by atoms with Crippen LogP contribution >= 0.6 is 0 Å². The molecule has 1 aromatic carbocycles. The number of piperidine rings is 1. The van der Waals surface area contributed by atoms with Crippen LogP contribution in [0.1, 0.15) is 12.8 Å². The number of hydrogen-bond acceptors (Lipinski definition) is 3. The summed E-state index contributed by atoms with van der Waals surface area (Å²) in [5, 5.41) is 11.3. The normalized spacial score (nSPS) is 15.9. The number of benzene rings is 1. The molecule has 2 amide bonds. The molecule has 5 nitrogen and oxygen atoms in total. The molecule has 114 valence electrons. The number of carbonyl (C=O) groups excluding carboxylic acids is 2. The quantitative estimate of drug-likeness (QED) is 0.601. The van der Waals surface area contributed by atoms with Gasteiger partial charge in [-0.05, 0) is 12.8 Å². The van der Waals surface area contributed by atoms with Crippen molar-refractivity contribution in [2.24, 2.45) is 0 Å². The molecular formula is C13H13F3N2O3. The lowest BCUT2D eigenvalue weighted by Gasteiger charge is -2.28. The lowest BCUT2D eigenvalue weighted by molar-refractivity contribution is -0.144. The summed E-state index contributed by atoms with van der Waals surface area (Å²) in [5.74, 6) is -6.51. The summed E-state index contributed by atoms with van der Waals surface area (Å²) in [6.45, 7) is 0.444. The third-order valence-electron chi connectivity index (χ3n) is 3.19. The van der Waals surface area contributed by atoms with Gasteiger partial charge in [-0.2, -0.15) is 0 Å². The van der Waals surface area contributed by atoms with Gasteiger partial charge in [-0.25, -0.2) is 13.2 Å². The zero-order chi connectivity index (χ0) is 15.6. The first-order valence-electron chi connectivity index (χ1n) is 6.31. The van der Waals surface area contributed by atoms with Crippen molar-refractivity contribution in [3.8, 4) is 0 Å². The Labute approximate surface area is 118 Å². The van der Waals surface area contributed by atoms with Gasteiger partial charge in [0.15, 0.2) is 17.5 Å². The summed E-state index contributed by atoms with van der Waals surface area (Å²) >= 11 is 0. The second-order valence-corrected chi connectivity index (χ2v) is 4.73. The van der Waals surface area contributed by atoms with E-state index in [1.807, 2.05) is 5.32 Å². The second kappa shape index (κ2) is 6.13. The van der Waals surface area contributed by atoms with Crippen LogP contribution in [0, 0.1) is 17.5 Å². The highest BCUT2D eigenvalue weighted by Gasteiger charge is 2.26. The Kier molecular flexibility index (Phi) is 4.46. The van der Waals surface area contributed by atoms with Crippen LogP contribution in [0.15, 0.2) is 12.1 Å². The lowest BCUT2D eigenvalue weighted by atomic mass is 10.1. The molecule has 0 bridgehead atoms. The van der Waals surface area contributed by atoms with Crippen molar-refractivity contribution in [2.75, 3.05) is 18.4 Å². The van der Waals surface area contributed by atoms with E-state index in [1.165, 1.54) is 4.90 Å². The molecule has 1 aliphatic heterocycles. The predicted octanol–water partition coefficient (Wildman–Crippen LogP) is 1.03. The Hall–Kier alpha value is -2.09. The molecule has 8 heteroatoms. The standard InChI is InChI=1S/C13H13F3N2O3/c14-9-5-7(6-10(15)11(9)16)17-12(20)13(21)18-3-1-8(19)2-4-18/h5-6,8,19H,1-4H2,(H,17,20). The molecule has 0 unspecified atom stereocenters. The van der Waals surface area contributed by atoms with Crippen LogP contribution < -0.4 is 5.32 Å². The number of nitrogens with zero attached hydrogens (tertiary/aromatic N) is 1. The zero-order valence-electron chi connectivity index (χ0n) is 10.9. The number of hydrogen-bond donors (Lipinski definition) is 2. The van der Waals surface area contributed by atoms with Crippen LogP contribution in [0.4, 0.5) is 18.9 Å². The first kappa shape index (κ1) is 15.3. The average Bonchev–Trinajstić information content (AvgIpc) is 2.44. The first-order chi connectivity index (χ1) is 9.88. The first-order valence-corrected chi connectivity index (χ1v) is 6.31. The Balaban J connectivity index is 2.02. The van der Waals surface area contributed by atoms with E-state index in [-0.39, 0.29) is 18.8 Å². The number of amides is 2. The summed E-state index contributed by atoms with van der Waals surface area (Å²) in [6, 6.07) is 1.17. The highest BCUT2D eigenvalue weighted by atomic mass is 19.2. The Morgan fingerprint density at radius 1 is 1.14 bits per heavy atom. The van der Waals surface area contributed by atoms with Crippen molar-refractivity contribution in [3.63, 3.8) is 0 Å². The van der Waals surface area contributed by atoms with Crippen molar-refractivity contribution in [3.05, 3.63) is 29.6 Å². The van der Waals surface area contributed by atoms with Crippen LogP contribution in [0.5, 0.6) is 0 Å². The molecule has 0 aliphatic carbocycles. The van der Waals surface area contributed by atoms with Gasteiger partial charge < -0.3 is 15.3 Å². The molecule has 1 aliphatic rings. The van der Waals surface area contributed by atoms with Crippen LogP contribution in [0.3, 0.4) is 0 Å². The van der Waals surface area contributed by atoms with Crippen LogP contribution in [-0.2, 0) is 9.59 Å². The summed E-state index contributed by atoms with van der Waals surface area (Å²) in [7, 11) is 0. The molecule has 1 aromatic rings. The number of rotatable bonds is 1. The third kappa shape index (κ3) is 3.52. The number of halogens is 3. The van der Waals surface area contributed by atoms with Gasteiger partial charge in [-0.3, -0.25) is 9.59 Å². The molecule has 0 atom stereocenters. The van der Waals surface area contributed by atoms with E-state index in [9.17, 15) is 27.9 Å². The Morgan fingerprint density at radius 3 is 2.19 bits per heavy atom. The molecule has 0 saturated carbocycles. The molecule has 0 spiro atoms. The Morgan fingerprint density at radius 2 is 1.67 bits per heavy atom. The number of anilines is 1. The van der Waals surface area contributed by atoms with Gasteiger partial charge in [0.25, 0.3) is 0 Å². The van der Waals surface area contributed by atoms with Crippen molar-refractivity contribution in [1.82, 2.24) is 4.90 Å². The van der Waals surface area contributed by atoms with Crippen LogP contribution in [0.2, 0.25) is 0 Å². The third-order valence-corrected chi connectivity index (χ3v) is 3.19. The van der Waals surface area contributed by atoms with E-state index < -0.39 is 35.4 Å². The maximum absolute atomic E-state index is 13.0. The second-order valence-electron chi connectivity index (χ2n) is 4.73. The van der Waals surface area contributed by atoms with Gasteiger partial charge in [0.2, 0.25) is 0 Å². The van der Waals surface area contributed by atoms with Crippen molar-refractivity contribution >= 4 is 17.5 Å². The van der Waals surface area contributed by atoms with Crippen molar-refractivity contribution < 1.29 is 27.9 Å². The fraction of sp³-hybridized carbons (Fsp3) is 0.385. The van der Waals surface area contributed by atoms with Gasteiger partial charge in [0.1, 0.15) is 0 Å². The molecule has 21 heavy (non-hydrogen) atoms. The SMILES string of the molecule is O=C(Nc1cc(F)c(F)c(F)c1)C(=O)N1CCC(O)CC1. The van der Waals surface area contributed by atoms with Gasteiger partial charge >= 0.3 is 11.8 Å². The van der Waals surface area contributed by atoms with Crippen molar-refractivity contribution in [1.29, 1.82) is 0 Å². The molecule has 0 aromatic heterocycles. The van der Waals surface area contributed by atoms with E-state index in [0.29, 0.717) is 25.0 Å². The van der Waals surface area contributed by atoms with E-state index in [4.69, 9.17) is 0 Å². The highest BCUT2D eigenvalue weighted by molar-refractivity contribution is 6.39. The topological polar surface area (TPSA) is 69.6 Å². The molecule has 0 radical (unpaired) electrons. The summed E-state index contributed by atoms with van der Waals surface area (Å²) in [6.07, 6.45) is 0.217. The number of nitrogens with one attached hydrogen (secondary N) is 1. The molecule has 1 saturated heterocycles. The fourth-order valence-corrected chi connectivity index (χ4v) is 2.02. The Bertz CT molecular complexity index is 549. The number of aliphatic hydroxyl groups is 1. The zero-order valence-corrected chi connectivity index (χ0v) is 10.9. The summed E-state index contributed by atoms with van der Waals surface area (Å²) < 4.78 is 38.8. The monoisotopic (exact) mass is 302 g/mol. The largest absolute Gasteiger partial charge is 0.393 e. The van der Waals surface area contributed by atoms with Gasteiger partial charge in [0.05, 0.1) is 6.10 Å². The maximum atomic E-state index is 13.0. The maximum Gasteiger partial charge on any atom is 0.313 e. The van der Waals surface area contributed by atoms with Crippen molar-refractivity contribution in [2.45, 2.75) is 18.9 Å². The minimum atomic E-state index is -1.65. The van der Waals surface area contributed by atoms with E-state index in [1.54, 1.807) is 0 Å². The summed E-state index contributed by atoms with van der Waals surface area (Å²) in [4.78, 5) is 24.7. The minimum absolute atomic E-state index is 0.222. The van der Waals surface area contributed by atoms with Gasteiger partial charge in [-0.1, -0.05) is 0 Å². The molecule has 2 N–H and O–H groups in total. The average molecular weight is 302 g/mol. The van der Waals surface area contributed by atoms with Crippen LogP contribution in [0.25, 0.3) is 0 Å². The lowest BCUT2D eigenvalue weighted by Crippen LogP contribution is -2.45. The molecule has 2 rings (SSSR count). The van der Waals surface area contributed by atoms with E-state index in [2.05, 4.69) is 0 Å². The number of likely N-dealkylation sites (tertiary alicyclic amines) is 1. The number of aliphatic hydroxyl groups excluding tert-OH is 1. The van der Waals surface area contributed by atoms with Crippen LogP contribution in [-0.4, -0.2) is 41.0 Å². The number of carbonyl (C=O) groups is 2. The molecular weight excluding hydrogens is 289 g/mol. The minimum Gasteiger partial charge on any atom is -0.393 e. The summed E-state index contributed by atoms with van der Waals surface area (Å²) in [5.41, 5.74) is -0.346. The highest BCUT2D eigenvalue weighted by Crippen LogP contribution is 2.18. The van der Waals surface area contributed by atoms with E-state index >= 15 is 0 Å². The predicted molar refractivity (Wildman–Crippen MR) is 66.8 cm³/mol. The van der Waals surface area contributed by atoms with Gasteiger partial charge in [-0.15, -0.1) is 0 Å². The molecule has 1 fully saturated rings. The van der Waals surface area contributed by atoms with E-state index in [0.717, 1.165) is 0 Å². The fourth-order valence-electron chi connectivity index (χ4n) is 2.02. The smallest absolute Gasteiger partial charge is 0.313 e.